The number of halogens is 1. The van der Waals surface area contributed by atoms with Crippen molar-refractivity contribution in [3.05, 3.63) is 73.2 Å². The highest BCUT2D eigenvalue weighted by molar-refractivity contribution is 8.00. The van der Waals surface area contributed by atoms with Crippen molar-refractivity contribution in [2.75, 3.05) is 13.7 Å². The Labute approximate surface area is 260 Å². The number of carbonyl (C=O) groups is 3. The molecule has 2 N–H and O–H groups in total. The second kappa shape index (κ2) is 11.0. The number of nitrogens with one attached hydrogen (secondary N) is 1. The number of hydrogen-bond donors (Lipinski definition) is 2. The summed E-state index contributed by atoms with van der Waals surface area (Å²) in [5.41, 5.74) is 1.94. The average molecular weight is 641 g/mol. The molecule has 7 atom stereocenters. The molecule has 12 heteroatoms. The summed E-state index contributed by atoms with van der Waals surface area (Å²) in [7, 11) is 1.60. The van der Waals surface area contributed by atoms with Gasteiger partial charge in [0.25, 0.3) is 0 Å². The number of methoxy groups -OCH3 is 1. The standard InChI is InChI=1S/C31H29ClN2O7S2/c1-40-20-11-15(6-9-19(20)41-13-14-4-7-16(32)8-5-14)22-23-17-12-18(26(23)42-28-27(22)43-31(39)33-28)25-24(17)29(37)34(30(25)38)10-2-3-21(35)36/h4-9,11,17-18,22-26H,2-3,10,12-13H2,1H3,(H,33,39)(H,35,36)/t17?,18?,22-,23?,24?,25?,26?/m1/s1. The number of aromatic nitrogens is 1. The molecule has 2 saturated carbocycles. The number of amides is 2. The summed E-state index contributed by atoms with van der Waals surface area (Å²) in [5, 5.41) is 10.6. The van der Waals surface area contributed by atoms with Gasteiger partial charge in [-0.05, 0) is 66.0 Å². The van der Waals surface area contributed by atoms with Crippen LogP contribution in [0.25, 0.3) is 0 Å². The van der Waals surface area contributed by atoms with Crippen LogP contribution < -0.4 is 14.3 Å². The Morgan fingerprint density at radius 3 is 2.53 bits per heavy atom. The maximum atomic E-state index is 13.6. The van der Waals surface area contributed by atoms with E-state index < -0.39 is 11.9 Å². The SMILES string of the molecule is COc1cc([C@H]2c3sc(=O)[nH]c3SC3C4CC(C5C(=O)N(CCCC(=O)O)C(=O)C45)C32)ccc1OCc1ccc(Cl)cc1. The number of aromatic amines is 1. The number of aliphatic carboxylic acids is 1. The van der Waals surface area contributed by atoms with E-state index in [9.17, 15) is 19.2 Å². The van der Waals surface area contributed by atoms with Crippen LogP contribution in [0.1, 0.15) is 41.2 Å². The molecule has 4 aliphatic rings. The zero-order chi connectivity index (χ0) is 30.0. The van der Waals surface area contributed by atoms with Gasteiger partial charge < -0.3 is 19.6 Å². The van der Waals surface area contributed by atoms with E-state index in [1.54, 1.807) is 18.9 Å². The van der Waals surface area contributed by atoms with Crippen LogP contribution in [0.4, 0.5) is 0 Å². The van der Waals surface area contributed by atoms with Crippen LogP contribution in [0.3, 0.4) is 0 Å². The van der Waals surface area contributed by atoms with E-state index in [1.165, 1.54) is 16.2 Å². The molecular weight excluding hydrogens is 612 g/mol. The Bertz CT molecular complexity index is 1670. The highest BCUT2D eigenvalue weighted by Gasteiger charge is 2.69. The van der Waals surface area contributed by atoms with Crippen molar-refractivity contribution in [3.63, 3.8) is 0 Å². The van der Waals surface area contributed by atoms with Crippen molar-refractivity contribution >= 4 is 52.5 Å². The smallest absolute Gasteiger partial charge is 0.305 e. The highest BCUT2D eigenvalue weighted by Crippen LogP contribution is 2.68. The van der Waals surface area contributed by atoms with E-state index in [0.717, 1.165) is 27.5 Å². The molecule has 9 nitrogen and oxygen atoms in total. The fraction of sp³-hybridized carbons (Fsp3) is 0.419. The largest absolute Gasteiger partial charge is 0.493 e. The lowest BCUT2D eigenvalue weighted by Gasteiger charge is -2.43. The molecule has 1 aromatic heterocycles. The number of likely N-dealkylation sites (tertiary alicyclic amines) is 1. The minimum atomic E-state index is -0.943. The lowest BCUT2D eigenvalue weighted by molar-refractivity contribution is -0.142. The van der Waals surface area contributed by atoms with Crippen molar-refractivity contribution < 1.29 is 29.0 Å². The van der Waals surface area contributed by atoms with Crippen molar-refractivity contribution in [1.29, 1.82) is 0 Å². The van der Waals surface area contributed by atoms with Gasteiger partial charge in [0.2, 0.25) is 11.8 Å². The number of carbonyl (C=O) groups excluding carboxylic acids is 2. The zero-order valence-electron chi connectivity index (χ0n) is 23.2. The molecule has 2 aliphatic carbocycles. The number of thioether (sulfide) groups is 1. The number of carboxylic acids is 1. The van der Waals surface area contributed by atoms with E-state index in [2.05, 4.69) is 4.98 Å². The number of thiazole rings is 1. The zero-order valence-corrected chi connectivity index (χ0v) is 25.5. The van der Waals surface area contributed by atoms with Gasteiger partial charge >= 0.3 is 10.8 Å². The normalized spacial score (nSPS) is 28.5. The first-order valence-electron chi connectivity index (χ1n) is 14.3. The number of imide groups is 1. The van der Waals surface area contributed by atoms with E-state index in [1.807, 2.05) is 42.5 Å². The molecule has 2 aromatic carbocycles. The minimum Gasteiger partial charge on any atom is -0.493 e. The summed E-state index contributed by atoms with van der Waals surface area (Å²) in [6.45, 7) is 0.477. The molecular formula is C31H29ClN2O7S2. The lowest BCUT2D eigenvalue weighted by atomic mass is 9.68. The third kappa shape index (κ3) is 4.76. The first-order chi connectivity index (χ1) is 20.7. The van der Waals surface area contributed by atoms with Gasteiger partial charge in [0.05, 0.1) is 24.0 Å². The van der Waals surface area contributed by atoms with Crippen LogP contribution in [-0.4, -0.2) is 51.7 Å². The van der Waals surface area contributed by atoms with Gasteiger partial charge in [-0.3, -0.25) is 24.1 Å². The second-order valence-corrected chi connectivity index (χ2v) is 14.3. The predicted molar refractivity (Wildman–Crippen MR) is 161 cm³/mol. The maximum Gasteiger partial charge on any atom is 0.305 e. The molecule has 6 unspecified atom stereocenters. The molecule has 0 radical (unpaired) electrons. The Balaban J connectivity index is 1.20. The number of carboxylic acid groups (broad SMARTS) is 1. The monoisotopic (exact) mass is 640 g/mol. The van der Waals surface area contributed by atoms with Crippen LogP contribution in [0.2, 0.25) is 5.02 Å². The highest BCUT2D eigenvalue weighted by atomic mass is 35.5. The number of nitrogens with zero attached hydrogens (tertiary/aromatic N) is 1. The quantitative estimate of drug-likeness (QED) is 0.313. The molecule has 224 valence electrons. The van der Waals surface area contributed by atoms with Gasteiger partial charge in [0, 0.05) is 34.0 Å². The van der Waals surface area contributed by atoms with Gasteiger partial charge in [-0.25, -0.2) is 0 Å². The Morgan fingerprint density at radius 1 is 1.07 bits per heavy atom. The summed E-state index contributed by atoms with van der Waals surface area (Å²) in [4.78, 5) is 55.9. The molecule has 43 heavy (non-hydrogen) atoms. The predicted octanol–water partition coefficient (Wildman–Crippen LogP) is 5.02. The fourth-order valence-corrected chi connectivity index (χ4v) is 10.8. The number of rotatable bonds is 9. The van der Waals surface area contributed by atoms with Gasteiger partial charge in [-0.15, -0.1) is 11.8 Å². The van der Waals surface area contributed by atoms with Gasteiger partial charge in [0.15, 0.2) is 11.5 Å². The molecule has 3 heterocycles. The van der Waals surface area contributed by atoms with Crippen LogP contribution in [-0.2, 0) is 21.0 Å². The Kier molecular flexibility index (Phi) is 7.30. The van der Waals surface area contributed by atoms with Crippen molar-refractivity contribution in [2.24, 2.45) is 29.6 Å². The lowest BCUT2D eigenvalue weighted by Crippen LogP contribution is -2.42. The van der Waals surface area contributed by atoms with Crippen LogP contribution in [0, 0.1) is 29.6 Å². The summed E-state index contributed by atoms with van der Waals surface area (Å²) in [5.74, 6) is -1.03. The number of hydrogen-bond acceptors (Lipinski definition) is 8. The second-order valence-electron chi connectivity index (χ2n) is 11.6. The van der Waals surface area contributed by atoms with Crippen LogP contribution >= 0.6 is 34.7 Å². The molecule has 0 spiro atoms. The van der Waals surface area contributed by atoms with Gasteiger partial charge in [0.1, 0.15) is 6.61 Å². The average Bonchev–Trinajstić information content (AvgIpc) is 3.72. The number of fused-ring (bicyclic) bond motifs is 9. The summed E-state index contributed by atoms with van der Waals surface area (Å²) < 4.78 is 11.9. The molecule has 2 amide bonds. The first kappa shape index (κ1) is 28.5. The van der Waals surface area contributed by atoms with Crippen LogP contribution in [0.5, 0.6) is 11.5 Å². The fourth-order valence-electron chi connectivity index (χ4n) is 7.80. The molecule has 3 fully saturated rings. The van der Waals surface area contributed by atoms with E-state index in [4.69, 9.17) is 26.2 Å². The molecule has 2 bridgehead atoms. The number of ether oxygens (including phenoxy) is 2. The van der Waals surface area contributed by atoms with Crippen molar-refractivity contribution in [1.82, 2.24) is 9.88 Å². The Hall–Kier alpha value is -3.28. The Morgan fingerprint density at radius 2 is 1.81 bits per heavy atom. The molecule has 3 aromatic rings. The molecule has 7 rings (SSSR count). The number of benzene rings is 2. The maximum absolute atomic E-state index is 13.6. The van der Waals surface area contributed by atoms with E-state index in [-0.39, 0.29) is 70.9 Å². The minimum absolute atomic E-state index is 0.00820. The molecule has 2 aliphatic heterocycles. The van der Waals surface area contributed by atoms with E-state index in [0.29, 0.717) is 23.1 Å². The topological polar surface area (TPSA) is 126 Å². The first-order valence-corrected chi connectivity index (χ1v) is 16.3. The third-order valence-electron chi connectivity index (χ3n) is 9.44. The third-order valence-corrected chi connectivity index (χ3v) is 12.3. The van der Waals surface area contributed by atoms with Crippen molar-refractivity contribution in [2.45, 2.75) is 42.1 Å². The van der Waals surface area contributed by atoms with Gasteiger partial charge in [-0.2, -0.15) is 0 Å². The van der Waals surface area contributed by atoms with Crippen LogP contribution in [0.15, 0.2) is 52.3 Å². The number of H-pyrrole nitrogens is 1. The molecule has 1 saturated heterocycles. The van der Waals surface area contributed by atoms with Gasteiger partial charge in [-0.1, -0.05) is 41.1 Å². The summed E-state index contributed by atoms with van der Waals surface area (Å²) >= 11 is 8.85. The van der Waals surface area contributed by atoms with Crippen molar-refractivity contribution in [3.8, 4) is 11.5 Å². The van der Waals surface area contributed by atoms with E-state index >= 15 is 0 Å². The summed E-state index contributed by atoms with van der Waals surface area (Å²) in [6, 6.07) is 13.3. The summed E-state index contributed by atoms with van der Waals surface area (Å²) in [6.07, 6.45) is 0.945.